The number of methoxy groups -OCH3 is 1. The molecule has 0 N–H and O–H groups in total. The van der Waals surface area contributed by atoms with Gasteiger partial charge in [0.2, 0.25) is 0 Å². The zero-order valence-electron chi connectivity index (χ0n) is 13.4. The maximum absolute atomic E-state index is 12.8. The normalized spacial score (nSPS) is 11.4. The molecule has 0 atom stereocenters. The van der Waals surface area contributed by atoms with E-state index in [0.29, 0.717) is 42.6 Å². The molecule has 0 fully saturated rings. The van der Waals surface area contributed by atoms with E-state index in [1.54, 1.807) is 7.11 Å². The van der Waals surface area contributed by atoms with Gasteiger partial charge in [-0.25, -0.2) is 0 Å². The topological polar surface area (TPSA) is 55.6 Å². The lowest BCUT2D eigenvalue weighted by atomic mass is 10.0. The molecule has 5 nitrogen and oxygen atoms in total. The molecule has 1 heterocycles. The van der Waals surface area contributed by atoms with Crippen molar-refractivity contribution in [2.75, 3.05) is 26.8 Å². The molecule has 0 radical (unpaired) electrons. The van der Waals surface area contributed by atoms with Gasteiger partial charge in [-0.2, -0.15) is 0 Å². The summed E-state index contributed by atoms with van der Waals surface area (Å²) in [6.45, 7) is 11.8. The Bertz CT molecular complexity index is 438. The maximum atomic E-state index is 12.8. The number of carbonyl (C=O) groups excluding carboxylic acids is 1. The summed E-state index contributed by atoms with van der Waals surface area (Å²) in [4.78, 5) is 14.6. The van der Waals surface area contributed by atoms with Crippen molar-refractivity contribution >= 4 is 5.91 Å². The summed E-state index contributed by atoms with van der Waals surface area (Å²) in [5.74, 6) is 1.19. The highest BCUT2D eigenvalue weighted by atomic mass is 16.5. The first-order chi connectivity index (χ1) is 9.38. The van der Waals surface area contributed by atoms with E-state index < -0.39 is 0 Å². The lowest BCUT2D eigenvalue weighted by molar-refractivity contribution is 0.0669. The van der Waals surface area contributed by atoms with Crippen LogP contribution in [0.15, 0.2) is 4.52 Å². The minimum absolute atomic E-state index is 0.0156. The van der Waals surface area contributed by atoms with Gasteiger partial charge in [0.1, 0.15) is 5.56 Å². The Kier molecular flexibility index (Phi) is 6.20. The molecule has 0 saturated carbocycles. The molecule has 1 aromatic rings. The average Bonchev–Trinajstić information content (AvgIpc) is 2.75. The second-order valence-corrected chi connectivity index (χ2v) is 5.80. The number of nitrogens with zero attached hydrogens (tertiary/aromatic N) is 2. The molecule has 5 heteroatoms. The van der Waals surface area contributed by atoms with Gasteiger partial charge < -0.3 is 14.2 Å². The van der Waals surface area contributed by atoms with Crippen LogP contribution in [-0.4, -0.2) is 42.8 Å². The molecule has 114 valence electrons. The van der Waals surface area contributed by atoms with Crippen LogP contribution < -0.4 is 0 Å². The molecule has 20 heavy (non-hydrogen) atoms. The fourth-order valence-corrected chi connectivity index (χ4v) is 2.12. The van der Waals surface area contributed by atoms with Crippen LogP contribution >= 0.6 is 0 Å². The fraction of sp³-hybridized carbons (Fsp3) is 0.733. The number of ether oxygens (including phenoxy) is 1. The van der Waals surface area contributed by atoms with Gasteiger partial charge >= 0.3 is 0 Å². The minimum Gasteiger partial charge on any atom is -0.383 e. The first-order valence-electron chi connectivity index (χ1n) is 7.12. The van der Waals surface area contributed by atoms with Gasteiger partial charge in [-0.15, -0.1) is 0 Å². The van der Waals surface area contributed by atoms with E-state index in [4.69, 9.17) is 9.26 Å². The monoisotopic (exact) mass is 282 g/mol. The predicted octanol–water partition coefficient (Wildman–Crippen LogP) is 2.85. The van der Waals surface area contributed by atoms with Gasteiger partial charge in [0.25, 0.3) is 5.91 Å². The van der Waals surface area contributed by atoms with Crippen molar-refractivity contribution in [3.8, 4) is 0 Å². The third-order valence-corrected chi connectivity index (χ3v) is 3.07. The Labute approximate surface area is 121 Å². The standard InChI is InChI=1S/C15H26N2O3/c1-10(2)9-17(7-8-19-6)15(18)13-12(5)16-20-14(13)11(3)4/h10-11H,7-9H2,1-6H3. The SMILES string of the molecule is COCCN(CC(C)C)C(=O)c1c(C)noc1C(C)C. The third-order valence-electron chi connectivity index (χ3n) is 3.07. The van der Waals surface area contributed by atoms with Crippen LogP contribution in [-0.2, 0) is 4.74 Å². The molecule has 0 unspecified atom stereocenters. The Morgan fingerprint density at radius 3 is 2.50 bits per heavy atom. The molecule has 1 amide bonds. The molecule has 0 aliphatic carbocycles. The molecule has 0 spiro atoms. The Morgan fingerprint density at radius 2 is 2.00 bits per heavy atom. The molecule has 0 bridgehead atoms. The van der Waals surface area contributed by atoms with Gasteiger partial charge in [0.15, 0.2) is 5.76 Å². The van der Waals surface area contributed by atoms with Crippen LogP contribution in [0.1, 0.15) is 55.4 Å². The summed E-state index contributed by atoms with van der Waals surface area (Å²) in [6.07, 6.45) is 0. The first-order valence-corrected chi connectivity index (χ1v) is 7.12. The molecular weight excluding hydrogens is 256 g/mol. The van der Waals surface area contributed by atoms with Gasteiger partial charge in [0, 0.05) is 26.1 Å². The zero-order chi connectivity index (χ0) is 15.3. The molecule has 1 aromatic heterocycles. The van der Waals surface area contributed by atoms with E-state index in [2.05, 4.69) is 19.0 Å². The number of aryl methyl sites for hydroxylation is 1. The zero-order valence-corrected chi connectivity index (χ0v) is 13.4. The van der Waals surface area contributed by atoms with Gasteiger partial charge in [0.05, 0.1) is 12.3 Å². The van der Waals surface area contributed by atoms with Crippen LogP contribution in [0.25, 0.3) is 0 Å². The largest absolute Gasteiger partial charge is 0.383 e. The average molecular weight is 282 g/mol. The van der Waals surface area contributed by atoms with Crippen molar-refractivity contribution in [1.82, 2.24) is 10.1 Å². The van der Waals surface area contributed by atoms with Crippen LogP contribution in [0.3, 0.4) is 0 Å². The van der Waals surface area contributed by atoms with Gasteiger partial charge in [-0.05, 0) is 12.8 Å². The lowest BCUT2D eigenvalue weighted by Crippen LogP contribution is -2.37. The van der Waals surface area contributed by atoms with Gasteiger partial charge in [-0.1, -0.05) is 32.9 Å². The summed E-state index contributed by atoms with van der Waals surface area (Å²) in [5, 5.41) is 3.95. The minimum atomic E-state index is -0.0156. The number of rotatable bonds is 7. The van der Waals surface area contributed by atoms with Crippen molar-refractivity contribution in [2.24, 2.45) is 5.92 Å². The van der Waals surface area contributed by atoms with E-state index >= 15 is 0 Å². The van der Waals surface area contributed by atoms with Crippen molar-refractivity contribution in [1.29, 1.82) is 0 Å². The Morgan fingerprint density at radius 1 is 1.35 bits per heavy atom. The molecule has 0 aliphatic heterocycles. The highest BCUT2D eigenvalue weighted by Gasteiger charge is 2.26. The highest BCUT2D eigenvalue weighted by molar-refractivity contribution is 5.96. The Balaban J connectivity index is 3.01. The molecule has 1 rings (SSSR count). The first kappa shape index (κ1) is 16.7. The molecular formula is C15H26N2O3. The quantitative estimate of drug-likeness (QED) is 0.771. The van der Waals surface area contributed by atoms with Crippen LogP contribution in [0.4, 0.5) is 0 Å². The Hall–Kier alpha value is -1.36. The van der Waals surface area contributed by atoms with E-state index in [1.807, 2.05) is 25.7 Å². The second-order valence-electron chi connectivity index (χ2n) is 5.80. The van der Waals surface area contributed by atoms with Gasteiger partial charge in [-0.3, -0.25) is 4.79 Å². The van der Waals surface area contributed by atoms with Crippen LogP contribution in [0, 0.1) is 12.8 Å². The summed E-state index contributed by atoms with van der Waals surface area (Å²) in [6, 6.07) is 0. The number of carbonyl (C=O) groups is 1. The number of amides is 1. The lowest BCUT2D eigenvalue weighted by Gasteiger charge is -2.24. The van der Waals surface area contributed by atoms with Crippen molar-refractivity contribution in [3.05, 3.63) is 17.0 Å². The summed E-state index contributed by atoms with van der Waals surface area (Å²) < 4.78 is 10.4. The third kappa shape index (κ3) is 4.07. The second kappa shape index (κ2) is 7.43. The number of aromatic nitrogens is 1. The van der Waals surface area contributed by atoms with Crippen LogP contribution in [0.5, 0.6) is 0 Å². The van der Waals surface area contributed by atoms with Crippen molar-refractivity contribution in [3.63, 3.8) is 0 Å². The van der Waals surface area contributed by atoms with Crippen LogP contribution in [0.2, 0.25) is 0 Å². The molecule has 0 aliphatic rings. The fourth-order valence-electron chi connectivity index (χ4n) is 2.12. The maximum Gasteiger partial charge on any atom is 0.259 e. The van der Waals surface area contributed by atoms with E-state index in [-0.39, 0.29) is 11.8 Å². The van der Waals surface area contributed by atoms with Crippen molar-refractivity contribution < 1.29 is 14.1 Å². The summed E-state index contributed by atoms with van der Waals surface area (Å²) >= 11 is 0. The molecule has 0 aromatic carbocycles. The summed E-state index contributed by atoms with van der Waals surface area (Å²) in [7, 11) is 1.64. The smallest absolute Gasteiger partial charge is 0.259 e. The highest BCUT2D eigenvalue weighted by Crippen LogP contribution is 2.24. The number of hydrogen-bond acceptors (Lipinski definition) is 4. The van der Waals surface area contributed by atoms with E-state index in [9.17, 15) is 4.79 Å². The molecule has 0 saturated heterocycles. The predicted molar refractivity (Wildman–Crippen MR) is 77.9 cm³/mol. The summed E-state index contributed by atoms with van der Waals surface area (Å²) in [5.41, 5.74) is 1.27. The number of hydrogen-bond donors (Lipinski definition) is 0. The van der Waals surface area contributed by atoms with E-state index in [0.717, 1.165) is 0 Å². The van der Waals surface area contributed by atoms with Crippen molar-refractivity contribution in [2.45, 2.75) is 40.5 Å². The van der Waals surface area contributed by atoms with E-state index in [1.165, 1.54) is 0 Å².